The predicted molar refractivity (Wildman–Crippen MR) is 80.5 cm³/mol. The van der Waals surface area contributed by atoms with Crippen LogP contribution in [0.1, 0.15) is 17.2 Å². The Balaban J connectivity index is 1.50. The molecule has 0 spiro atoms. The highest BCUT2D eigenvalue weighted by atomic mass is 16.7. The predicted octanol–water partition coefficient (Wildman–Crippen LogP) is 2.89. The van der Waals surface area contributed by atoms with Crippen LogP contribution >= 0.6 is 0 Å². The van der Waals surface area contributed by atoms with Gasteiger partial charge in [-0.2, -0.15) is 0 Å². The van der Waals surface area contributed by atoms with E-state index in [4.69, 9.17) is 14.2 Å². The molecule has 21 heavy (non-hydrogen) atoms. The van der Waals surface area contributed by atoms with Crippen LogP contribution in [0.2, 0.25) is 0 Å². The van der Waals surface area contributed by atoms with E-state index in [2.05, 4.69) is 5.32 Å². The molecule has 3 rings (SSSR count). The van der Waals surface area contributed by atoms with Gasteiger partial charge in [0.1, 0.15) is 18.1 Å². The monoisotopic (exact) mass is 285 g/mol. The van der Waals surface area contributed by atoms with Crippen molar-refractivity contribution in [3.63, 3.8) is 0 Å². The fourth-order valence-corrected chi connectivity index (χ4v) is 2.36. The maximum Gasteiger partial charge on any atom is 0.189 e. The van der Waals surface area contributed by atoms with E-state index in [1.54, 1.807) is 0 Å². The quantitative estimate of drug-likeness (QED) is 0.654. The average Bonchev–Trinajstić information content (AvgIpc) is 2.95. The average molecular weight is 285 g/mol. The summed E-state index contributed by atoms with van der Waals surface area (Å²) in [6, 6.07) is 16.2. The molecule has 1 N–H and O–H groups in total. The lowest BCUT2D eigenvalue weighted by atomic mass is 10.1. The van der Waals surface area contributed by atoms with Gasteiger partial charge < -0.3 is 19.5 Å². The molecule has 4 heteroatoms. The molecule has 0 fully saturated rings. The highest BCUT2D eigenvalue weighted by Gasteiger charge is 2.22. The van der Waals surface area contributed by atoms with Crippen LogP contribution in [0.5, 0.6) is 11.5 Å². The first-order chi connectivity index (χ1) is 10.4. The van der Waals surface area contributed by atoms with Crippen molar-refractivity contribution in [1.82, 2.24) is 5.32 Å². The molecule has 0 saturated carbocycles. The molecular weight excluding hydrogens is 266 g/mol. The lowest BCUT2D eigenvalue weighted by molar-refractivity contribution is 0.00496. The fourth-order valence-electron chi connectivity index (χ4n) is 2.36. The Labute approximate surface area is 124 Å². The Morgan fingerprint density at radius 1 is 1.19 bits per heavy atom. The number of hydrogen-bond acceptors (Lipinski definition) is 4. The summed E-state index contributed by atoms with van der Waals surface area (Å²) in [6.45, 7) is 1.44. The molecule has 0 radical (unpaired) electrons. The minimum absolute atomic E-state index is 0.225. The highest BCUT2D eigenvalue weighted by Crippen LogP contribution is 2.34. The van der Waals surface area contributed by atoms with E-state index >= 15 is 0 Å². The van der Waals surface area contributed by atoms with Crippen LogP contribution in [-0.4, -0.2) is 20.4 Å². The molecule has 2 aromatic rings. The molecule has 4 nitrogen and oxygen atoms in total. The van der Waals surface area contributed by atoms with Crippen molar-refractivity contribution in [3.05, 3.63) is 59.7 Å². The number of nitrogens with one attached hydrogen (secondary N) is 1. The molecular formula is C17H19NO3. The Morgan fingerprint density at radius 2 is 2.05 bits per heavy atom. The maximum atomic E-state index is 5.63. The second-order valence-electron chi connectivity index (χ2n) is 4.95. The van der Waals surface area contributed by atoms with Crippen molar-refractivity contribution in [2.45, 2.75) is 12.6 Å². The molecule has 0 aromatic heterocycles. The summed E-state index contributed by atoms with van der Waals surface area (Å²) in [7, 11) is 1.94. The zero-order valence-corrected chi connectivity index (χ0v) is 12.0. The van der Waals surface area contributed by atoms with Crippen LogP contribution in [0.25, 0.3) is 0 Å². The van der Waals surface area contributed by atoms with Gasteiger partial charge in [-0.1, -0.05) is 30.3 Å². The number of rotatable bonds is 6. The Bertz CT molecular complexity index is 586. The molecule has 0 saturated heterocycles. The molecule has 0 bridgehead atoms. The topological polar surface area (TPSA) is 39.7 Å². The van der Waals surface area contributed by atoms with Crippen molar-refractivity contribution in [2.24, 2.45) is 0 Å². The first-order valence-electron chi connectivity index (χ1n) is 7.05. The summed E-state index contributed by atoms with van der Waals surface area (Å²) >= 11 is 0. The number of likely N-dealkylation sites (N-methyl/N-ethyl adjacent to an activating group) is 1. The first-order valence-corrected chi connectivity index (χ1v) is 7.05. The minimum atomic E-state index is 0.225. The summed E-state index contributed by atoms with van der Waals surface area (Å²) < 4.78 is 16.7. The standard InChI is InChI=1S/C17H19NO3/c1-18-16-11-20-17-9-14(7-8-15(16)17)21-12-19-10-13-5-3-2-4-6-13/h2-9,16,18H,10-12H2,1H3. The zero-order chi connectivity index (χ0) is 14.5. The van der Waals surface area contributed by atoms with Gasteiger partial charge in [0.05, 0.1) is 12.6 Å². The van der Waals surface area contributed by atoms with Crippen LogP contribution in [0.15, 0.2) is 48.5 Å². The zero-order valence-electron chi connectivity index (χ0n) is 12.0. The van der Waals surface area contributed by atoms with Gasteiger partial charge >= 0.3 is 0 Å². The smallest absolute Gasteiger partial charge is 0.189 e. The van der Waals surface area contributed by atoms with Gasteiger partial charge in [-0.3, -0.25) is 0 Å². The number of ether oxygens (including phenoxy) is 3. The van der Waals surface area contributed by atoms with E-state index in [9.17, 15) is 0 Å². The normalized spacial score (nSPS) is 16.3. The SMILES string of the molecule is CNC1COc2cc(OCOCc3ccccc3)ccc21. The van der Waals surface area contributed by atoms with Crippen molar-refractivity contribution in [1.29, 1.82) is 0 Å². The Hall–Kier alpha value is -2.04. The van der Waals surface area contributed by atoms with Gasteiger partial charge in [-0.05, 0) is 24.7 Å². The largest absolute Gasteiger partial charge is 0.491 e. The fraction of sp³-hybridized carbons (Fsp3) is 0.294. The lowest BCUT2D eigenvalue weighted by Gasteiger charge is -2.09. The van der Waals surface area contributed by atoms with Crippen LogP contribution in [0, 0.1) is 0 Å². The van der Waals surface area contributed by atoms with Gasteiger partial charge in [0.15, 0.2) is 6.79 Å². The van der Waals surface area contributed by atoms with Gasteiger partial charge in [-0.25, -0.2) is 0 Å². The van der Waals surface area contributed by atoms with Crippen molar-refractivity contribution in [2.75, 3.05) is 20.4 Å². The summed E-state index contributed by atoms with van der Waals surface area (Å²) in [4.78, 5) is 0. The second-order valence-corrected chi connectivity index (χ2v) is 4.95. The third-order valence-corrected chi connectivity index (χ3v) is 3.53. The summed E-state index contributed by atoms with van der Waals surface area (Å²) in [5, 5.41) is 3.22. The number of hydrogen-bond donors (Lipinski definition) is 1. The van der Waals surface area contributed by atoms with Crippen molar-refractivity contribution in [3.8, 4) is 11.5 Å². The van der Waals surface area contributed by atoms with Crippen molar-refractivity contribution >= 4 is 0 Å². The molecule has 2 aromatic carbocycles. The lowest BCUT2D eigenvalue weighted by Crippen LogP contribution is -2.17. The van der Waals surface area contributed by atoms with Gasteiger partial charge in [0.25, 0.3) is 0 Å². The van der Waals surface area contributed by atoms with E-state index < -0.39 is 0 Å². The Morgan fingerprint density at radius 3 is 2.86 bits per heavy atom. The van der Waals surface area contributed by atoms with Gasteiger partial charge in [0.2, 0.25) is 0 Å². The van der Waals surface area contributed by atoms with Crippen LogP contribution < -0.4 is 14.8 Å². The van der Waals surface area contributed by atoms with Crippen LogP contribution in [0.3, 0.4) is 0 Å². The molecule has 110 valence electrons. The number of benzene rings is 2. The van der Waals surface area contributed by atoms with E-state index in [0.29, 0.717) is 13.2 Å². The van der Waals surface area contributed by atoms with Crippen LogP contribution in [-0.2, 0) is 11.3 Å². The van der Waals surface area contributed by atoms with E-state index in [1.165, 1.54) is 5.56 Å². The van der Waals surface area contributed by atoms with Gasteiger partial charge in [-0.15, -0.1) is 0 Å². The first kappa shape index (κ1) is 13.9. The van der Waals surface area contributed by atoms with Gasteiger partial charge in [0, 0.05) is 11.6 Å². The molecule has 0 amide bonds. The van der Waals surface area contributed by atoms with E-state index in [1.807, 2.05) is 55.6 Å². The molecule has 0 aliphatic carbocycles. The van der Waals surface area contributed by atoms with Crippen LogP contribution in [0.4, 0.5) is 0 Å². The second kappa shape index (κ2) is 6.61. The maximum absolute atomic E-state index is 5.63. The molecule has 1 aliphatic rings. The summed E-state index contributed by atoms with van der Waals surface area (Å²) in [5.74, 6) is 1.65. The third kappa shape index (κ3) is 3.35. The Kier molecular flexibility index (Phi) is 4.38. The van der Waals surface area contributed by atoms with E-state index in [-0.39, 0.29) is 12.8 Å². The molecule has 1 heterocycles. The van der Waals surface area contributed by atoms with Crippen molar-refractivity contribution < 1.29 is 14.2 Å². The molecule has 1 atom stereocenters. The molecule has 1 unspecified atom stereocenters. The minimum Gasteiger partial charge on any atom is -0.491 e. The summed E-state index contributed by atoms with van der Waals surface area (Å²) in [6.07, 6.45) is 0. The van der Waals surface area contributed by atoms with E-state index in [0.717, 1.165) is 17.1 Å². The number of fused-ring (bicyclic) bond motifs is 1. The highest BCUT2D eigenvalue weighted by molar-refractivity contribution is 5.44. The third-order valence-electron chi connectivity index (χ3n) is 3.53. The summed E-state index contributed by atoms with van der Waals surface area (Å²) in [5.41, 5.74) is 2.31. The molecule has 1 aliphatic heterocycles.